The zero-order valence-electron chi connectivity index (χ0n) is 16.0. The quantitative estimate of drug-likeness (QED) is 0.464. The lowest BCUT2D eigenvalue weighted by atomic mass is 9.44. The largest absolute Gasteiger partial charge is 0.0914 e. The van der Waals surface area contributed by atoms with Crippen molar-refractivity contribution in [2.24, 2.45) is 46.3 Å². The van der Waals surface area contributed by atoms with Crippen molar-refractivity contribution in [3.05, 3.63) is 12.2 Å². The second-order valence-corrected chi connectivity index (χ2v) is 10.2. The van der Waals surface area contributed by atoms with Gasteiger partial charge in [0.1, 0.15) is 0 Å². The van der Waals surface area contributed by atoms with Gasteiger partial charge in [-0.1, -0.05) is 32.9 Å². The third kappa shape index (κ3) is 2.30. The molecule has 0 aromatic heterocycles. The Morgan fingerprint density at radius 1 is 0.826 bits per heavy atom. The molecule has 0 radical (unpaired) electrons. The molecule has 8 unspecified atom stereocenters. The van der Waals surface area contributed by atoms with Crippen LogP contribution in [0.4, 0.5) is 0 Å². The first-order valence-electron chi connectivity index (χ1n) is 10.6. The van der Waals surface area contributed by atoms with E-state index in [1.807, 2.05) is 0 Å². The van der Waals surface area contributed by atoms with E-state index in [2.05, 4.69) is 39.8 Å². The summed E-state index contributed by atoms with van der Waals surface area (Å²) in [6, 6.07) is 0. The molecule has 4 saturated carbocycles. The lowest BCUT2D eigenvalue weighted by Crippen LogP contribution is -2.53. The molecule has 8 atom stereocenters. The average molecular weight is 315 g/mol. The highest BCUT2D eigenvalue weighted by molar-refractivity contribution is 5.09. The summed E-state index contributed by atoms with van der Waals surface area (Å²) in [4.78, 5) is 0. The molecule has 4 fully saturated rings. The number of allylic oxidation sites excluding steroid dienone is 2. The molecule has 0 heterocycles. The zero-order valence-corrected chi connectivity index (χ0v) is 16.0. The third-order valence-electron chi connectivity index (χ3n) is 9.65. The minimum absolute atomic E-state index is 0.675. The highest BCUT2D eigenvalue weighted by Crippen LogP contribution is 2.67. The van der Waals surface area contributed by atoms with Gasteiger partial charge in [-0.3, -0.25) is 0 Å². The van der Waals surface area contributed by atoms with Gasteiger partial charge in [0.2, 0.25) is 0 Å². The van der Waals surface area contributed by atoms with E-state index in [1.54, 1.807) is 19.3 Å². The summed E-state index contributed by atoms with van der Waals surface area (Å²) < 4.78 is 0. The second kappa shape index (κ2) is 5.63. The minimum Gasteiger partial charge on any atom is -0.0914 e. The molecule has 130 valence electrons. The van der Waals surface area contributed by atoms with Crippen molar-refractivity contribution in [1.29, 1.82) is 0 Å². The summed E-state index contributed by atoms with van der Waals surface area (Å²) in [5.74, 6) is 6.05. The SMILES string of the molecule is CC=CC1CCC2(C)C(CCC3C4CCC(C)C4(C)CCC32)C1. The molecule has 0 amide bonds. The highest BCUT2D eigenvalue weighted by Gasteiger charge is 2.59. The molecule has 0 spiro atoms. The van der Waals surface area contributed by atoms with E-state index in [1.165, 1.54) is 38.5 Å². The van der Waals surface area contributed by atoms with Crippen LogP contribution < -0.4 is 0 Å². The zero-order chi connectivity index (χ0) is 16.2. The number of fused-ring (bicyclic) bond motifs is 5. The van der Waals surface area contributed by atoms with Crippen LogP contribution in [0.3, 0.4) is 0 Å². The van der Waals surface area contributed by atoms with Gasteiger partial charge in [-0.15, -0.1) is 0 Å². The fourth-order valence-corrected chi connectivity index (χ4v) is 8.00. The molecule has 0 heteroatoms. The van der Waals surface area contributed by atoms with Gasteiger partial charge in [-0.05, 0) is 111 Å². The van der Waals surface area contributed by atoms with Crippen LogP contribution >= 0.6 is 0 Å². The van der Waals surface area contributed by atoms with Crippen LogP contribution in [0.5, 0.6) is 0 Å². The highest BCUT2D eigenvalue weighted by atomic mass is 14.6. The molecule has 23 heavy (non-hydrogen) atoms. The minimum atomic E-state index is 0.675. The van der Waals surface area contributed by atoms with E-state index in [4.69, 9.17) is 0 Å². The van der Waals surface area contributed by atoms with Crippen molar-refractivity contribution < 1.29 is 0 Å². The average Bonchev–Trinajstić information content (AvgIpc) is 2.84. The maximum absolute atomic E-state index is 2.71. The standard InChI is InChI=1S/C23H38/c1-5-6-17-11-13-23(4)18(15-17)8-9-19-20-10-7-16(2)22(20,3)14-12-21(19)23/h5-6,16-21H,7-15H2,1-4H3. The van der Waals surface area contributed by atoms with Crippen molar-refractivity contribution >= 4 is 0 Å². The van der Waals surface area contributed by atoms with Crippen LogP contribution in [0.2, 0.25) is 0 Å². The van der Waals surface area contributed by atoms with Gasteiger partial charge in [0.15, 0.2) is 0 Å². The summed E-state index contributed by atoms with van der Waals surface area (Å²) in [7, 11) is 0. The van der Waals surface area contributed by atoms with Crippen LogP contribution in [0.1, 0.15) is 85.5 Å². The smallest absolute Gasteiger partial charge is 0.0231 e. The van der Waals surface area contributed by atoms with Crippen molar-refractivity contribution in [1.82, 2.24) is 0 Å². The molecule has 4 aliphatic carbocycles. The number of hydrogen-bond acceptors (Lipinski definition) is 0. The van der Waals surface area contributed by atoms with E-state index in [-0.39, 0.29) is 0 Å². The summed E-state index contributed by atoms with van der Waals surface area (Å²) in [6.07, 6.45) is 18.5. The van der Waals surface area contributed by atoms with E-state index >= 15 is 0 Å². The predicted octanol–water partition coefficient (Wildman–Crippen LogP) is 6.86. The summed E-state index contributed by atoms with van der Waals surface area (Å²) in [5, 5.41) is 0. The van der Waals surface area contributed by atoms with E-state index in [0.29, 0.717) is 10.8 Å². The van der Waals surface area contributed by atoms with Gasteiger partial charge in [0.05, 0.1) is 0 Å². The topological polar surface area (TPSA) is 0 Å². The van der Waals surface area contributed by atoms with Crippen LogP contribution in [0.25, 0.3) is 0 Å². The maximum atomic E-state index is 2.71. The van der Waals surface area contributed by atoms with Crippen molar-refractivity contribution in [2.45, 2.75) is 85.5 Å². The first-order chi connectivity index (χ1) is 11.0. The molecule has 0 aromatic carbocycles. The molecular formula is C23H38. The van der Waals surface area contributed by atoms with Crippen molar-refractivity contribution in [2.75, 3.05) is 0 Å². The normalized spacial score (nSPS) is 56.2. The summed E-state index contributed by atoms with van der Waals surface area (Å²) >= 11 is 0. The van der Waals surface area contributed by atoms with Gasteiger partial charge >= 0.3 is 0 Å². The van der Waals surface area contributed by atoms with Crippen LogP contribution in [-0.4, -0.2) is 0 Å². The van der Waals surface area contributed by atoms with Gasteiger partial charge in [-0.25, -0.2) is 0 Å². The molecule has 0 bridgehead atoms. The molecule has 4 aliphatic rings. The summed E-state index contributed by atoms with van der Waals surface area (Å²) in [5.41, 5.74) is 1.36. The van der Waals surface area contributed by atoms with Gasteiger partial charge < -0.3 is 0 Å². The van der Waals surface area contributed by atoms with E-state index in [0.717, 1.165) is 35.5 Å². The Bertz CT molecular complexity index is 476. The van der Waals surface area contributed by atoms with E-state index < -0.39 is 0 Å². The monoisotopic (exact) mass is 314 g/mol. The lowest BCUT2D eigenvalue weighted by molar-refractivity contribution is -0.114. The van der Waals surface area contributed by atoms with E-state index in [9.17, 15) is 0 Å². The van der Waals surface area contributed by atoms with Gasteiger partial charge in [0.25, 0.3) is 0 Å². The maximum Gasteiger partial charge on any atom is -0.0231 e. The molecule has 0 aromatic rings. The van der Waals surface area contributed by atoms with Crippen LogP contribution in [0.15, 0.2) is 12.2 Å². The first kappa shape index (κ1) is 16.2. The van der Waals surface area contributed by atoms with Crippen LogP contribution in [0, 0.1) is 46.3 Å². The number of rotatable bonds is 1. The fraction of sp³-hybridized carbons (Fsp3) is 0.913. The Morgan fingerprint density at radius 2 is 1.57 bits per heavy atom. The molecule has 0 saturated heterocycles. The van der Waals surface area contributed by atoms with Gasteiger partial charge in [-0.2, -0.15) is 0 Å². The molecule has 0 aliphatic heterocycles. The van der Waals surface area contributed by atoms with Crippen LogP contribution in [-0.2, 0) is 0 Å². The summed E-state index contributed by atoms with van der Waals surface area (Å²) in [6.45, 7) is 10.1. The Kier molecular flexibility index (Phi) is 3.97. The van der Waals surface area contributed by atoms with Crippen molar-refractivity contribution in [3.63, 3.8) is 0 Å². The molecular weight excluding hydrogens is 276 g/mol. The Hall–Kier alpha value is -0.260. The number of hydrogen-bond donors (Lipinski definition) is 0. The molecule has 0 nitrogen and oxygen atoms in total. The Morgan fingerprint density at radius 3 is 2.35 bits per heavy atom. The fourth-order valence-electron chi connectivity index (χ4n) is 8.00. The lowest BCUT2D eigenvalue weighted by Gasteiger charge is -2.61. The molecule has 4 rings (SSSR count). The van der Waals surface area contributed by atoms with Crippen molar-refractivity contribution in [3.8, 4) is 0 Å². The Labute approximate surface area is 144 Å². The second-order valence-electron chi connectivity index (χ2n) is 10.2. The first-order valence-corrected chi connectivity index (χ1v) is 10.6. The Balaban J connectivity index is 1.57. The molecule has 0 N–H and O–H groups in total. The predicted molar refractivity (Wildman–Crippen MR) is 99.2 cm³/mol. The van der Waals surface area contributed by atoms with Gasteiger partial charge in [0, 0.05) is 0 Å². The third-order valence-corrected chi connectivity index (χ3v) is 9.65.